The van der Waals surface area contributed by atoms with E-state index in [2.05, 4.69) is 22.1 Å². The Balaban J connectivity index is 1.26. The maximum absolute atomic E-state index is 12.5. The molecule has 4 rings (SSSR count). The third kappa shape index (κ3) is 4.19. The van der Waals surface area contributed by atoms with E-state index in [-0.39, 0.29) is 12.1 Å². The van der Waals surface area contributed by atoms with Gasteiger partial charge in [-0.05, 0) is 65.4 Å². The fraction of sp³-hybridized carbons (Fsp3) is 0.450. The number of carbonyl (C=O) groups is 1. The molecule has 0 spiro atoms. The highest BCUT2D eigenvalue weighted by atomic mass is 32.1. The van der Waals surface area contributed by atoms with Crippen LogP contribution < -0.4 is 10.1 Å². The Labute approximate surface area is 157 Å². The summed E-state index contributed by atoms with van der Waals surface area (Å²) in [5.74, 6) is 1.40. The van der Waals surface area contributed by atoms with Gasteiger partial charge in [-0.3, -0.25) is 0 Å². The van der Waals surface area contributed by atoms with Gasteiger partial charge in [-0.1, -0.05) is 0 Å². The predicted molar refractivity (Wildman–Crippen MR) is 103 cm³/mol. The van der Waals surface area contributed by atoms with E-state index in [0.29, 0.717) is 12.5 Å². The Hall–Kier alpha value is -2.05. The van der Waals surface area contributed by atoms with Crippen LogP contribution in [-0.4, -0.2) is 43.3 Å². The van der Waals surface area contributed by atoms with E-state index in [1.54, 1.807) is 11.3 Å². The van der Waals surface area contributed by atoms with Gasteiger partial charge in [-0.15, -0.1) is 0 Å². The molecule has 1 aromatic heterocycles. The van der Waals surface area contributed by atoms with Gasteiger partial charge in [0.25, 0.3) is 0 Å². The van der Waals surface area contributed by atoms with Gasteiger partial charge in [-0.25, -0.2) is 4.79 Å². The molecule has 0 saturated carbocycles. The molecular weight excluding hydrogens is 348 g/mol. The fourth-order valence-corrected chi connectivity index (χ4v) is 4.28. The van der Waals surface area contributed by atoms with E-state index in [9.17, 15) is 4.79 Å². The minimum atomic E-state index is -0.0216. The summed E-state index contributed by atoms with van der Waals surface area (Å²) in [4.78, 5) is 14.4. The lowest BCUT2D eigenvalue weighted by atomic mass is 9.91. The summed E-state index contributed by atoms with van der Waals surface area (Å²) < 4.78 is 11.2. The minimum Gasteiger partial charge on any atom is -0.488 e. The molecule has 2 aliphatic heterocycles. The van der Waals surface area contributed by atoms with Gasteiger partial charge in [-0.2, -0.15) is 11.3 Å². The van der Waals surface area contributed by atoms with Crippen molar-refractivity contribution in [2.24, 2.45) is 0 Å². The van der Waals surface area contributed by atoms with Gasteiger partial charge in [0, 0.05) is 25.2 Å². The van der Waals surface area contributed by atoms with Crippen molar-refractivity contribution in [1.82, 2.24) is 4.90 Å². The van der Waals surface area contributed by atoms with Crippen molar-refractivity contribution in [2.45, 2.75) is 31.3 Å². The Bertz CT molecular complexity index is 703. The zero-order valence-electron chi connectivity index (χ0n) is 14.7. The van der Waals surface area contributed by atoms with Crippen molar-refractivity contribution in [3.63, 3.8) is 0 Å². The van der Waals surface area contributed by atoms with Crippen LogP contribution in [0.2, 0.25) is 0 Å². The van der Waals surface area contributed by atoms with Crippen LogP contribution in [-0.2, 0) is 4.74 Å². The van der Waals surface area contributed by atoms with Crippen LogP contribution >= 0.6 is 11.3 Å². The lowest BCUT2D eigenvalue weighted by Crippen LogP contribution is -2.40. The third-order valence-electron chi connectivity index (χ3n) is 5.09. The molecular formula is C20H24N2O3S. The molecule has 1 N–H and O–H groups in total. The summed E-state index contributed by atoms with van der Waals surface area (Å²) in [7, 11) is 0. The SMILES string of the molecule is O=C(Nc1ccc(OC2CCOC2)cc1)N1CCC(c2ccsc2)CC1. The Morgan fingerprint density at radius 3 is 2.62 bits per heavy atom. The zero-order valence-corrected chi connectivity index (χ0v) is 15.5. The van der Waals surface area contributed by atoms with Crippen molar-refractivity contribution in [2.75, 3.05) is 31.6 Å². The number of nitrogens with one attached hydrogen (secondary N) is 1. The summed E-state index contributed by atoms with van der Waals surface area (Å²) in [6, 6.07) is 9.76. The largest absolute Gasteiger partial charge is 0.488 e. The smallest absolute Gasteiger partial charge is 0.321 e. The number of likely N-dealkylation sites (tertiary alicyclic amines) is 1. The number of amides is 2. The van der Waals surface area contributed by atoms with Crippen LogP contribution in [0, 0.1) is 0 Å². The lowest BCUT2D eigenvalue weighted by molar-refractivity contribution is 0.141. The van der Waals surface area contributed by atoms with Crippen LogP contribution in [0.25, 0.3) is 0 Å². The van der Waals surface area contributed by atoms with E-state index >= 15 is 0 Å². The standard InChI is InChI=1S/C20H24N2O3S/c23-20(22-9-5-15(6-10-22)16-8-12-26-14-16)21-17-1-3-18(4-2-17)25-19-7-11-24-13-19/h1-4,8,12,14-15,19H,5-7,9-11,13H2,(H,21,23). The molecule has 1 aromatic carbocycles. The zero-order chi connectivity index (χ0) is 17.8. The molecule has 2 fully saturated rings. The van der Waals surface area contributed by atoms with Gasteiger partial charge in [0.2, 0.25) is 0 Å². The van der Waals surface area contributed by atoms with Gasteiger partial charge in [0.15, 0.2) is 0 Å². The second kappa shape index (κ2) is 8.10. The molecule has 2 aromatic rings. The highest BCUT2D eigenvalue weighted by Crippen LogP contribution is 2.29. The van der Waals surface area contributed by atoms with E-state index in [1.165, 1.54) is 5.56 Å². The number of piperidine rings is 1. The second-order valence-corrected chi connectivity index (χ2v) is 7.66. The van der Waals surface area contributed by atoms with Crippen molar-refractivity contribution in [3.05, 3.63) is 46.7 Å². The molecule has 1 unspecified atom stereocenters. The average Bonchev–Trinajstić information content (AvgIpc) is 3.37. The summed E-state index contributed by atoms with van der Waals surface area (Å²) in [6.07, 6.45) is 3.13. The lowest BCUT2D eigenvalue weighted by Gasteiger charge is -2.31. The molecule has 5 nitrogen and oxygen atoms in total. The normalized spacial score (nSPS) is 20.9. The first-order valence-corrected chi connectivity index (χ1v) is 10.1. The minimum absolute atomic E-state index is 0.0216. The number of nitrogens with zero attached hydrogens (tertiary/aromatic N) is 1. The maximum Gasteiger partial charge on any atom is 0.321 e. The topological polar surface area (TPSA) is 50.8 Å². The molecule has 0 radical (unpaired) electrons. The van der Waals surface area contributed by atoms with Crippen LogP contribution in [0.3, 0.4) is 0 Å². The van der Waals surface area contributed by atoms with Crippen molar-refractivity contribution in [1.29, 1.82) is 0 Å². The highest BCUT2D eigenvalue weighted by molar-refractivity contribution is 7.07. The van der Waals surface area contributed by atoms with Crippen molar-refractivity contribution < 1.29 is 14.3 Å². The average molecular weight is 372 g/mol. The van der Waals surface area contributed by atoms with E-state index < -0.39 is 0 Å². The summed E-state index contributed by atoms with van der Waals surface area (Å²) in [5.41, 5.74) is 2.21. The molecule has 6 heteroatoms. The molecule has 138 valence electrons. The van der Waals surface area contributed by atoms with E-state index in [1.807, 2.05) is 29.2 Å². The molecule has 2 aliphatic rings. The van der Waals surface area contributed by atoms with Gasteiger partial charge in [0.05, 0.1) is 13.2 Å². The summed E-state index contributed by atoms with van der Waals surface area (Å²) >= 11 is 1.74. The van der Waals surface area contributed by atoms with Crippen LogP contribution in [0.1, 0.15) is 30.7 Å². The maximum atomic E-state index is 12.5. The number of benzene rings is 1. The third-order valence-corrected chi connectivity index (χ3v) is 5.79. The van der Waals surface area contributed by atoms with Crippen LogP contribution in [0.4, 0.5) is 10.5 Å². The number of hydrogen-bond acceptors (Lipinski definition) is 4. The van der Waals surface area contributed by atoms with Gasteiger partial charge < -0.3 is 19.7 Å². The number of hydrogen-bond donors (Lipinski definition) is 1. The first kappa shape index (κ1) is 17.4. The fourth-order valence-electron chi connectivity index (χ4n) is 3.54. The predicted octanol–water partition coefficient (Wildman–Crippen LogP) is 4.33. The first-order valence-electron chi connectivity index (χ1n) is 9.20. The highest BCUT2D eigenvalue weighted by Gasteiger charge is 2.24. The number of rotatable bonds is 4. The molecule has 2 saturated heterocycles. The molecule has 0 bridgehead atoms. The van der Waals surface area contributed by atoms with Gasteiger partial charge in [0.1, 0.15) is 11.9 Å². The number of anilines is 1. The quantitative estimate of drug-likeness (QED) is 0.869. The number of urea groups is 1. The molecule has 26 heavy (non-hydrogen) atoms. The van der Waals surface area contributed by atoms with Crippen LogP contribution in [0.5, 0.6) is 5.75 Å². The van der Waals surface area contributed by atoms with Crippen LogP contribution in [0.15, 0.2) is 41.1 Å². The molecule has 0 aliphatic carbocycles. The Kier molecular flexibility index (Phi) is 5.41. The number of carbonyl (C=O) groups excluding carboxylic acids is 1. The molecule has 1 atom stereocenters. The second-order valence-electron chi connectivity index (χ2n) is 6.88. The van der Waals surface area contributed by atoms with E-state index in [0.717, 1.165) is 50.4 Å². The first-order chi connectivity index (χ1) is 12.8. The molecule has 3 heterocycles. The van der Waals surface area contributed by atoms with Gasteiger partial charge >= 0.3 is 6.03 Å². The van der Waals surface area contributed by atoms with Crippen molar-refractivity contribution in [3.8, 4) is 5.75 Å². The Morgan fingerprint density at radius 1 is 1.15 bits per heavy atom. The van der Waals surface area contributed by atoms with E-state index in [4.69, 9.17) is 9.47 Å². The Morgan fingerprint density at radius 2 is 1.96 bits per heavy atom. The summed E-state index contributed by atoms with van der Waals surface area (Å²) in [5, 5.41) is 7.34. The monoisotopic (exact) mass is 372 g/mol. The van der Waals surface area contributed by atoms with Crippen molar-refractivity contribution >= 4 is 23.1 Å². The number of ether oxygens (including phenoxy) is 2. The summed E-state index contributed by atoms with van der Waals surface area (Å²) in [6.45, 7) is 3.02. The molecule has 2 amide bonds. The number of thiophene rings is 1.